The van der Waals surface area contributed by atoms with E-state index in [2.05, 4.69) is 7.05 Å². The van der Waals surface area contributed by atoms with Gasteiger partial charge in [-0.15, -0.1) is 0 Å². The molecular formula is C12H17F3N3+. The van der Waals surface area contributed by atoms with Crippen LogP contribution in [-0.4, -0.2) is 33.2 Å². The first kappa shape index (κ1) is 13.0. The number of anilines is 2. The largest absolute Gasteiger partial charge is 0.416 e. The Morgan fingerprint density at radius 3 is 2.33 bits per heavy atom. The zero-order chi connectivity index (χ0) is 13.3. The van der Waals surface area contributed by atoms with E-state index in [1.807, 2.05) is 4.90 Å². The highest BCUT2D eigenvalue weighted by Gasteiger charge is 2.31. The van der Waals surface area contributed by atoms with Crippen molar-refractivity contribution < 1.29 is 18.1 Å². The van der Waals surface area contributed by atoms with Crippen LogP contribution in [0.2, 0.25) is 0 Å². The van der Waals surface area contributed by atoms with E-state index < -0.39 is 11.7 Å². The van der Waals surface area contributed by atoms with Gasteiger partial charge in [0, 0.05) is 0 Å². The molecule has 1 aromatic carbocycles. The number of hydrogen-bond donors (Lipinski definition) is 2. The van der Waals surface area contributed by atoms with Crippen molar-refractivity contribution in [3.63, 3.8) is 0 Å². The Balaban J connectivity index is 2.20. The molecule has 1 aliphatic heterocycles. The van der Waals surface area contributed by atoms with Crippen molar-refractivity contribution >= 4 is 11.4 Å². The van der Waals surface area contributed by atoms with Crippen LogP contribution in [-0.2, 0) is 6.18 Å². The summed E-state index contributed by atoms with van der Waals surface area (Å²) >= 11 is 0. The van der Waals surface area contributed by atoms with Gasteiger partial charge in [-0.05, 0) is 18.2 Å². The monoisotopic (exact) mass is 260 g/mol. The predicted molar refractivity (Wildman–Crippen MR) is 64.7 cm³/mol. The first-order valence-electron chi connectivity index (χ1n) is 5.91. The van der Waals surface area contributed by atoms with Crippen LogP contribution in [0.4, 0.5) is 24.5 Å². The van der Waals surface area contributed by atoms with E-state index in [-0.39, 0.29) is 5.69 Å². The van der Waals surface area contributed by atoms with Crippen molar-refractivity contribution in [1.82, 2.24) is 0 Å². The number of nitrogen functional groups attached to an aromatic ring is 1. The van der Waals surface area contributed by atoms with Crippen molar-refractivity contribution in [2.45, 2.75) is 6.18 Å². The van der Waals surface area contributed by atoms with Crippen LogP contribution in [0.3, 0.4) is 0 Å². The Morgan fingerprint density at radius 2 is 1.83 bits per heavy atom. The van der Waals surface area contributed by atoms with Crippen LogP contribution in [0.5, 0.6) is 0 Å². The highest BCUT2D eigenvalue weighted by molar-refractivity contribution is 5.68. The zero-order valence-electron chi connectivity index (χ0n) is 10.2. The van der Waals surface area contributed by atoms with Crippen LogP contribution >= 0.6 is 0 Å². The molecule has 0 amide bonds. The second kappa shape index (κ2) is 4.68. The molecular weight excluding hydrogens is 243 g/mol. The van der Waals surface area contributed by atoms with Crippen molar-refractivity contribution in [1.29, 1.82) is 0 Å². The average Bonchev–Trinajstić information content (AvgIpc) is 2.29. The lowest BCUT2D eigenvalue weighted by atomic mass is 10.1. The van der Waals surface area contributed by atoms with E-state index in [0.717, 1.165) is 38.3 Å². The number of halogens is 3. The normalized spacial score (nSPS) is 18.1. The second-order valence-corrected chi connectivity index (χ2v) is 4.72. The SMILES string of the molecule is C[NH+]1CCN(c2ccc(C(F)(F)F)cc2N)CC1. The maximum Gasteiger partial charge on any atom is 0.416 e. The van der Waals surface area contributed by atoms with E-state index >= 15 is 0 Å². The predicted octanol–water partition coefficient (Wildman–Crippen LogP) is 0.622. The van der Waals surface area contributed by atoms with Crippen molar-refractivity contribution in [3.05, 3.63) is 23.8 Å². The molecule has 0 radical (unpaired) electrons. The molecule has 0 unspecified atom stereocenters. The average molecular weight is 260 g/mol. The Morgan fingerprint density at radius 1 is 1.22 bits per heavy atom. The van der Waals surface area contributed by atoms with E-state index in [1.165, 1.54) is 11.0 Å². The maximum atomic E-state index is 12.5. The van der Waals surface area contributed by atoms with E-state index in [9.17, 15) is 13.2 Å². The third-order valence-electron chi connectivity index (χ3n) is 3.31. The fourth-order valence-electron chi connectivity index (χ4n) is 2.15. The molecule has 0 atom stereocenters. The third-order valence-corrected chi connectivity index (χ3v) is 3.31. The van der Waals surface area contributed by atoms with Gasteiger partial charge in [0.1, 0.15) is 0 Å². The molecule has 1 saturated heterocycles. The number of hydrogen-bond acceptors (Lipinski definition) is 2. The summed E-state index contributed by atoms with van der Waals surface area (Å²) in [7, 11) is 2.10. The molecule has 100 valence electrons. The molecule has 2 rings (SSSR count). The van der Waals surface area contributed by atoms with E-state index in [1.54, 1.807) is 0 Å². The lowest BCUT2D eigenvalue weighted by Crippen LogP contribution is -3.12. The molecule has 1 aromatic rings. The molecule has 3 N–H and O–H groups in total. The van der Waals surface area contributed by atoms with Crippen molar-refractivity contribution in [2.75, 3.05) is 43.9 Å². The first-order chi connectivity index (χ1) is 8.38. The van der Waals surface area contributed by atoms with Gasteiger partial charge in [0.05, 0.1) is 50.2 Å². The Bertz CT molecular complexity index is 423. The molecule has 1 fully saturated rings. The summed E-state index contributed by atoms with van der Waals surface area (Å²) in [6, 6.07) is 3.58. The smallest absolute Gasteiger partial charge is 0.397 e. The number of likely N-dealkylation sites (N-methyl/N-ethyl adjacent to an activating group) is 1. The number of benzene rings is 1. The molecule has 0 aliphatic carbocycles. The maximum absolute atomic E-state index is 12.5. The summed E-state index contributed by atoms with van der Waals surface area (Å²) in [4.78, 5) is 3.47. The van der Waals surface area contributed by atoms with Gasteiger partial charge in [-0.1, -0.05) is 0 Å². The minimum atomic E-state index is -4.33. The van der Waals surface area contributed by atoms with Gasteiger partial charge in [-0.2, -0.15) is 13.2 Å². The fourth-order valence-corrected chi connectivity index (χ4v) is 2.15. The zero-order valence-corrected chi connectivity index (χ0v) is 10.2. The molecule has 0 saturated carbocycles. The Labute approximate surface area is 104 Å². The summed E-state index contributed by atoms with van der Waals surface area (Å²) in [6.07, 6.45) is -4.33. The molecule has 0 bridgehead atoms. The summed E-state index contributed by atoms with van der Waals surface area (Å²) in [6.45, 7) is 3.59. The van der Waals surface area contributed by atoms with Crippen LogP contribution in [0.15, 0.2) is 18.2 Å². The van der Waals surface area contributed by atoms with Gasteiger partial charge < -0.3 is 15.5 Å². The number of nitrogens with two attached hydrogens (primary N) is 1. The summed E-state index contributed by atoms with van der Waals surface area (Å²) in [5.41, 5.74) is 5.95. The first-order valence-corrected chi connectivity index (χ1v) is 5.91. The Hall–Kier alpha value is -1.43. The molecule has 1 heterocycles. The second-order valence-electron chi connectivity index (χ2n) is 4.72. The molecule has 0 spiro atoms. The fraction of sp³-hybridized carbons (Fsp3) is 0.500. The molecule has 0 aromatic heterocycles. The molecule has 3 nitrogen and oxygen atoms in total. The van der Waals surface area contributed by atoms with E-state index in [0.29, 0.717) is 5.69 Å². The summed E-state index contributed by atoms with van der Waals surface area (Å²) in [5, 5.41) is 0. The van der Waals surface area contributed by atoms with Crippen molar-refractivity contribution in [3.8, 4) is 0 Å². The van der Waals surface area contributed by atoms with Crippen LogP contribution in [0.1, 0.15) is 5.56 Å². The Kier molecular flexibility index (Phi) is 3.38. The highest BCUT2D eigenvalue weighted by Crippen LogP contribution is 2.33. The van der Waals surface area contributed by atoms with Gasteiger partial charge >= 0.3 is 6.18 Å². The minimum absolute atomic E-state index is 0.198. The highest BCUT2D eigenvalue weighted by atomic mass is 19.4. The van der Waals surface area contributed by atoms with Crippen LogP contribution < -0.4 is 15.5 Å². The number of nitrogens with zero attached hydrogens (tertiary/aromatic N) is 1. The van der Waals surface area contributed by atoms with Crippen LogP contribution in [0, 0.1) is 0 Å². The third kappa shape index (κ3) is 2.69. The molecule has 1 aliphatic rings. The van der Waals surface area contributed by atoms with Crippen LogP contribution in [0.25, 0.3) is 0 Å². The quantitative estimate of drug-likeness (QED) is 0.726. The summed E-state index contributed by atoms with van der Waals surface area (Å²) < 4.78 is 37.6. The lowest BCUT2D eigenvalue weighted by molar-refractivity contribution is -0.880. The number of alkyl halides is 3. The number of rotatable bonds is 1. The number of nitrogens with one attached hydrogen (secondary N) is 1. The van der Waals surface area contributed by atoms with Gasteiger partial charge in [-0.3, -0.25) is 0 Å². The van der Waals surface area contributed by atoms with Crippen molar-refractivity contribution in [2.24, 2.45) is 0 Å². The molecule has 18 heavy (non-hydrogen) atoms. The summed E-state index contributed by atoms with van der Waals surface area (Å²) in [5.74, 6) is 0. The van der Waals surface area contributed by atoms with Gasteiger partial charge in [-0.25, -0.2) is 0 Å². The van der Waals surface area contributed by atoms with E-state index in [4.69, 9.17) is 5.73 Å². The minimum Gasteiger partial charge on any atom is -0.397 e. The topological polar surface area (TPSA) is 33.7 Å². The van der Waals surface area contributed by atoms with Gasteiger partial charge in [0.2, 0.25) is 0 Å². The van der Waals surface area contributed by atoms with Gasteiger partial charge in [0.15, 0.2) is 0 Å². The lowest BCUT2D eigenvalue weighted by Gasteiger charge is -2.32. The number of quaternary nitrogens is 1. The standard InChI is InChI=1S/C12H16F3N3/c1-17-4-6-18(7-5-17)11-3-2-9(8-10(11)16)12(13,14)15/h2-3,8H,4-7,16H2,1H3/p+1. The van der Waals surface area contributed by atoms with Gasteiger partial charge in [0.25, 0.3) is 0 Å². The number of piperazine rings is 1. The molecule has 6 heteroatoms.